The molecule has 0 aliphatic carbocycles. The van der Waals surface area contributed by atoms with Crippen LogP contribution in [0.4, 0.5) is 0 Å². The van der Waals surface area contributed by atoms with E-state index in [1.165, 1.54) is 11.1 Å². The minimum atomic E-state index is -0.420. The van der Waals surface area contributed by atoms with E-state index in [2.05, 4.69) is 30.2 Å². The van der Waals surface area contributed by atoms with Gasteiger partial charge < -0.3 is 9.80 Å². The number of benzene rings is 1. The molecule has 0 N–H and O–H groups in total. The topological polar surface area (TPSA) is 58.4 Å². The van der Waals surface area contributed by atoms with Gasteiger partial charge in [-0.05, 0) is 37.8 Å². The van der Waals surface area contributed by atoms with E-state index in [-0.39, 0.29) is 11.8 Å². The molecule has 1 atom stereocenters. The lowest BCUT2D eigenvalue weighted by Gasteiger charge is -2.39. The van der Waals surface area contributed by atoms with E-state index >= 15 is 0 Å². The lowest BCUT2D eigenvalue weighted by Crippen LogP contribution is -2.50. The molecule has 1 unspecified atom stereocenters. The highest BCUT2D eigenvalue weighted by molar-refractivity contribution is 5.94. The molecule has 2 saturated heterocycles. The van der Waals surface area contributed by atoms with Crippen LogP contribution in [0.1, 0.15) is 40.9 Å². The second kappa shape index (κ2) is 6.83. The van der Waals surface area contributed by atoms with Crippen molar-refractivity contribution in [3.63, 3.8) is 0 Å². The van der Waals surface area contributed by atoms with Crippen LogP contribution in [0.15, 0.2) is 36.5 Å². The molecule has 1 spiro atoms. The summed E-state index contributed by atoms with van der Waals surface area (Å²) in [5.74, 6) is 0.172. The van der Waals surface area contributed by atoms with Gasteiger partial charge in [0.1, 0.15) is 5.69 Å². The molecule has 0 bridgehead atoms. The second-order valence-electron chi connectivity index (χ2n) is 7.92. The Labute approximate surface area is 159 Å². The summed E-state index contributed by atoms with van der Waals surface area (Å²) in [4.78, 5) is 29.9. The van der Waals surface area contributed by atoms with Crippen LogP contribution in [0.2, 0.25) is 0 Å². The van der Waals surface area contributed by atoms with Gasteiger partial charge in [0.2, 0.25) is 5.91 Å². The molecule has 1 aromatic carbocycles. The number of amides is 2. The van der Waals surface area contributed by atoms with Gasteiger partial charge >= 0.3 is 0 Å². The van der Waals surface area contributed by atoms with Crippen LogP contribution in [0.3, 0.4) is 0 Å². The predicted octanol–water partition coefficient (Wildman–Crippen LogP) is 2.38. The third-order valence-corrected chi connectivity index (χ3v) is 5.96. The summed E-state index contributed by atoms with van der Waals surface area (Å²) in [7, 11) is 1.77. The molecule has 27 heavy (non-hydrogen) atoms. The van der Waals surface area contributed by atoms with Gasteiger partial charge in [0, 0.05) is 39.4 Å². The van der Waals surface area contributed by atoms with Crippen LogP contribution in [0, 0.1) is 12.3 Å². The molecule has 2 aliphatic rings. The Balaban J connectivity index is 1.49. The lowest BCUT2D eigenvalue weighted by molar-refractivity contribution is -0.146. The predicted molar refractivity (Wildman–Crippen MR) is 102 cm³/mol. The number of aromatic nitrogens is 2. The number of nitrogens with zero attached hydrogens (tertiary/aromatic N) is 4. The van der Waals surface area contributed by atoms with E-state index in [4.69, 9.17) is 0 Å². The maximum absolute atomic E-state index is 13.3. The number of hydrogen-bond acceptors (Lipinski definition) is 3. The fourth-order valence-corrected chi connectivity index (χ4v) is 4.50. The minimum Gasteiger partial charge on any atom is -0.338 e. The van der Waals surface area contributed by atoms with E-state index in [1.54, 1.807) is 24.0 Å². The summed E-state index contributed by atoms with van der Waals surface area (Å²) < 4.78 is 1.60. The van der Waals surface area contributed by atoms with Crippen molar-refractivity contribution in [2.24, 2.45) is 12.5 Å². The average molecular weight is 366 g/mol. The molecular weight excluding hydrogens is 340 g/mol. The third kappa shape index (κ3) is 3.24. The summed E-state index contributed by atoms with van der Waals surface area (Å²) in [5.41, 5.74) is 2.53. The first-order chi connectivity index (χ1) is 13.0. The summed E-state index contributed by atoms with van der Waals surface area (Å²) in [5, 5.41) is 4.09. The third-order valence-electron chi connectivity index (χ3n) is 5.96. The van der Waals surface area contributed by atoms with Crippen molar-refractivity contribution in [2.45, 2.75) is 32.7 Å². The van der Waals surface area contributed by atoms with Gasteiger partial charge in [-0.2, -0.15) is 5.10 Å². The number of piperidine rings is 1. The Morgan fingerprint density at radius 3 is 2.81 bits per heavy atom. The van der Waals surface area contributed by atoms with Crippen LogP contribution in [-0.4, -0.2) is 51.0 Å². The van der Waals surface area contributed by atoms with Crippen LogP contribution in [0.5, 0.6) is 0 Å². The largest absolute Gasteiger partial charge is 0.338 e. The monoisotopic (exact) mass is 366 g/mol. The Kier molecular flexibility index (Phi) is 4.50. The molecule has 2 fully saturated rings. The molecule has 142 valence electrons. The zero-order valence-electron chi connectivity index (χ0n) is 16.0. The van der Waals surface area contributed by atoms with Gasteiger partial charge in [0.25, 0.3) is 5.91 Å². The number of carbonyl (C=O) groups excluding carboxylic acids is 2. The van der Waals surface area contributed by atoms with E-state index in [1.807, 2.05) is 15.9 Å². The molecule has 2 aromatic rings. The van der Waals surface area contributed by atoms with Crippen LogP contribution < -0.4 is 0 Å². The maximum Gasteiger partial charge on any atom is 0.272 e. The van der Waals surface area contributed by atoms with E-state index in [0.29, 0.717) is 25.3 Å². The summed E-state index contributed by atoms with van der Waals surface area (Å²) in [6.45, 7) is 4.66. The molecule has 0 saturated carbocycles. The van der Waals surface area contributed by atoms with E-state index in [0.717, 1.165) is 25.8 Å². The molecule has 2 amide bonds. The molecule has 1 aromatic heterocycles. The minimum absolute atomic E-state index is 0.0320. The van der Waals surface area contributed by atoms with Gasteiger partial charge in [-0.1, -0.05) is 29.8 Å². The van der Waals surface area contributed by atoms with Crippen molar-refractivity contribution in [3.05, 3.63) is 53.3 Å². The SMILES string of the molecule is Cc1cccc(CN2CCCC3(CCN(C(=O)c4ccnn4C)C3)C2=O)c1. The number of hydrogen-bond donors (Lipinski definition) is 0. The lowest BCUT2D eigenvalue weighted by atomic mass is 9.78. The Morgan fingerprint density at radius 2 is 2.07 bits per heavy atom. The van der Waals surface area contributed by atoms with Gasteiger partial charge in [-0.15, -0.1) is 0 Å². The van der Waals surface area contributed by atoms with Crippen molar-refractivity contribution in [1.29, 1.82) is 0 Å². The smallest absolute Gasteiger partial charge is 0.272 e. The van der Waals surface area contributed by atoms with Gasteiger partial charge in [-0.3, -0.25) is 14.3 Å². The number of likely N-dealkylation sites (tertiary alicyclic amines) is 2. The number of aryl methyl sites for hydroxylation is 2. The fraction of sp³-hybridized carbons (Fsp3) is 0.476. The van der Waals surface area contributed by atoms with Crippen molar-refractivity contribution < 1.29 is 9.59 Å². The molecular formula is C21H26N4O2. The van der Waals surface area contributed by atoms with Crippen molar-refractivity contribution in [2.75, 3.05) is 19.6 Å². The normalized spacial score (nSPS) is 22.7. The Hall–Kier alpha value is -2.63. The first kappa shape index (κ1) is 17.8. The second-order valence-corrected chi connectivity index (χ2v) is 7.92. The van der Waals surface area contributed by atoms with E-state index in [9.17, 15) is 9.59 Å². The zero-order valence-corrected chi connectivity index (χ0v) is 16.0. The van der Waals surface area contributed by atoms with Crippen molar-refractivity contribution >= 4 is 11.8 Å². The fourth-order valence-electron chi connectivity index (χ4n) is 4.50. The Morgan fingerprint density at radius 1 is 1.22 bits per heavy atom. The van der Waals surface area contributed by atoms with Gasteiger partial charge in [0.05, 0.1) is 5.41 Å². The quantitative estimate of drug-likeness (QED) is 0.838. The number of carbonyl (C=O) groups is 2. The molecule has 0 radical (unpaired) electrons. The first-order valence-corrected chi connectivity index (χ1v) is 9.61. The highest BCUT2D eigenvalue weighted by atomic mass is 16.2. The summed E-state index contributed by atoms with van der Waals surface area (Å²) in [6.07, 6.45) is 4.24. The van der Waals surface area contributed by atoms with Crippen LogP contribution >= 0.6 is 0 Å². The highest BCUT2D eigenvalue weighted by Crippen LogP contribution is 2.40. The number of rotatable bonds is 3. The first-order valence-electron chi connectivity index (χ1n) is 9.61. The zero-order chi connectivity index (χ0) is 19.0. The summed E-state index contributed by atoms with van der Waals surface area (Å²) in [6, 6.07) is 10.1. The van der Waals surface area contributed by atoms with Crippen molar-refractivity contribution in [1.82, 2.24) is 19.6 Å². The standard InChI is InChI=1S/C21H26N4O2/c1-16-5-3-6-17(13-16)14-24-11-4-8-21(20(24)27)9-12-25(15-21)19(26)18-7-10-22-23(18)2/h3,5-7,10,13H,4,8-9,11-12,14-15H2,1-2H3. The van der Waals surface area contributed by atoms with Crippen molar-refractivity contribution in [3.8, 4) is 0 Å². The molecule has 6 heteroatoms. The van der Waals surface area contributed by atoms with Gasteiger partial charge in [-0.25, -0.2) is 0 Å². The highest BCUT2D eigenvalue weighted by Gasteiger charge is 2.49. The van der Waals surface area contributed by atoms with Crippen LogP contribution in [0.25, 0.3) is 0 Å². The molecule has 2 aliphatic heterocycles. The molecule has 3 heterocycles. The average Bonchev–Trinajstić information content (AvgIpc) is 3.26. The molecule has 4 rings (SSSR count). The van der Waals surface area contributed by atoms with Crippen LogP contribution in [-0.2, 0) is 18.4 Å². The summed E-state index contributed by atoms with van der Waals surface area (Å²) >= 11 is 0. The maximum atomic E-state index is 13.3. The van der Waals surface area contributed by atoms with Gasteiger partial charge in [0.15, 0.2) is 0 Å². The van der Waals surface area contributed by atoms with E-state index < -0.39 is 5.41 Å². The molecule has 6 nitrogen and oxygen atoms in total. The Bertz CT molecular complexity index is 875.